The van der Waals surface area contributed by atoms with Crippen LogP contribution < -0.4 is 30.0 Å². The van der Waals surface area contributed by atoms with Gasteiger partial charge in [0.25, 0.3) is 7.82 Å². The Bertz CT molecular complexity index is 2060. The van der Waals surface area contributed by atoms with E-state index in [9.17, 15) is 33.4 Å². The van der Waals surface area contributed by atoms with Crippen LogP contribution in [-0.4, -0.2) is 99.6 Å². The summed E-state index contributed by atoms with van der Waals surface area (Å²) in [5.41, 5.74) is 6.95. The van der Waals surface area contributed by atoms with Gasteiger partial charge < -0.3 is 48.9 Å². The van der Waals surface area contributed by atoms with Crippen LogP contribution in [0.5, 0.6) is 5.75 Å². The van der Waals surface area contributed by atoms with E-state index in [4.69, 9.17) is 28.6 Å². The number of esters is 1. The Morgan fingerprint density at radius 2 is 1.48 bits per heavy atom. The van der Waals surface area contributed by atoms with Crippen molar-refractivity contribution in [3.63, 3.8) is 0 Å². The molecule has 1 aliphatic rings. The van der Waals surface area contributed by atoms with Gasteiger partial charge >= 0.3 is 21.5 Å². The lowest BCUT2D eigenvalue weighted by Gasteiger charge is -2.28. The predicted molar refractivity (Wildman–Crippen MR) is 229 cm³/mol. The molecule has 4 unspecified atom stereocenters. The van der Waals surface area contributed by atoms with Crippen LogP contribution in [0.2, 0.25) is 0 Å². The Labute approximate surface area is 362 Å². The summed E-state index contributed by atoms with van der Waals surface area (Å²) < 4.78 is 70.3. The normalized spacial score (nSPS) is 19.6. The molecule has 0 spiro atoms. The van der Waals surface area contributed by atoms with Gasteiger partial charge in [-0.1, -0.05) is 48.5 Å². The fourth-order valence-electron chi connectivity index (χ4n) is 5.95. The number of phosphoric acid groups is 2. The molecule has 1 aliphatic heterocycles. The third-order valence-corrected chi connectivity index (χ3v) is 14.5. The first-order valence-electron chi connectivity index (χ1n) is 20.4. The third-order valence-electron chi connectivity index (χ3n) is 9.56. The molecule has 4 aromatic rings. The van der Waals surface area contributed by atoms with Crippen molar-refractivity contribution >= 4 is 46.3 Å². The number of ether oxygens (including phenoxy) is 2. The fourth-order valence-corrected chi connectivity index (χ4v) is 10.3. The number of benzene rings is 2. The Kier molecular flexibility index (Phi) is 21.8. The highest BCUT2D eigenvalue weighted by Crippen LogP contribution is 2.66. The molecular weight excluding hydrogens is 869 g/mol. The van der Waals surface area contributed by atoms with Gasteiger partial charge in [0.15, 0.2) is 17.7 Å². The summed E-state index contributed by atoms with van der Waals surface area (Å²) >= 11 is 0. The number of hydrogen-bond donors (Lipinski definition) is 6. The fraction of sp³-hybridized carbons (Fsp3) is 0.526. The lowest BCUT2D eigenvalue weighted by Crippen LogP contribution is -3.11. The van der Waals surface area contributed by atoms with E-state index in [1.807, 2.05) is 0 Å². The number of aromatic nitrogens is 4. The van der Waals surface area contributed by atoms with Crippen molar-refractivity contribution in [3.05, 3.63) is 78.9 Å². The van der Waals surface area contributed by atoms with E-state index in [-0.39, 0.29) is 35.8 Å². The largest absolute Gasteiger partial charge is 0.756 e. The van der Waals surface area contributed by atoms with Crippen molar-refractivity contribution in [1.82, 2.24) is 24.6 Å². The molecule has 0 aliphatic carbocycles. The van der Waals surface area contributed by atoms with Crippen LogP contribution in [0.3, 0.4) is 0 Å². The van der Waals surface area contributed by atoms with E-state index >= 15 is 0 Å². The van der Waals surface area contributed by atoms with E-state index in [2.05, 4.69) is 65.9 Å². The summed E-state index contributed by atoms with van der Waals surface area (Å²) in [4.78, 5) is 50.9. The van der Waals surface area contributed by atoms with Crippen molar-refractivity contribution in [2.75, 3.05) is 51.6 Å². The van der Waals surface area contributed by atoms with Gasteiger partial charge in [-0.25, -0.2) is 28.4 Å². The number of nitrogens with zero attached hydrogens (tertiary/aromatic N) is 4. The van der Waals surface area contributed by atoms with Crippen LogP contribution in [0.25, 0.3) is 11.2 Å². The number of hydrogen-bond acceptors (Lipinski definition) is 16. The van der Waals surface area contributed by atoms with Crippen LogP contribution in [-0.2, 0) is 47.7 Å². The molecule has 2 aromatic heterocycles. The molecule has 346 valence electrons. The number of nitrogens with two attached hydrogens (primary N) is 1. The highest BCUT2D eigenvalue weighted by Gasteiger charge is 2.43. The highest BCUT2D eigenvalue weighted by molar-refractivity contribution is 7.67. The van der Waals surface area contributed by atoms with Crippen molar-refractivity contribution in [2.45, 2.75) is 86.0 Å². The van der Waals surface area contributed by atoms with E-state index in [0.29, 0.717) is 5.56 Å². The molecule has 21 nitrogen and oxygen atoms in total. The third kappa shape index (κ3) is 17.1. The minimum absolute atomic E-state index is 0.0950. The second kappa shape index (κ2) is 25.6. The average Bonchev–Trinajstić information content (AvgIpc) is 3.84. The predicted octanol–water partition coefficient (Wildman–Crippen LogP) is 2.45. The number of anilines is 1. The van der Waals surface area contributed by atoms with Crippen LogP contribution in [0.1, 0.15) is 66.7 Å². The standard InChI is InChI=1S/C26H31N6O13P3.2C6H15N/c1-17(26(34)40-13-18-8-4-2-5-9-18)31-46(35,43-19-10-6-3-7-11-19)44-48(38,39)45-47(36,37)41-14-20-12-21(33)25(42-20)32-16-30-22-23(27)28-15-29-24(22)32;2*1-4-7(5-2)6-3/h2-11,15-17,20-21,25,33H,12-14H2,1H3,(H,31,35)(H,36,37)(H,38,39)(H2,27,28,29);2*4-6H2,1-3H3/p+1/t17-,20-,21?,25+,46?;;/m0../s1. The number of quaternary nitrogens is 2. The highest BCUT2D eigenvalue weighted by atomic mass is 31.3. The van der Waals surface area contributed by atoms with E-state index in [0.717, 1.165) is 0 Å². The van der Waals surface area contributed by atoms with Gasteiger partial charge in [-0.2, -0.15) is 9.40 Å². The van der Waals surface area contributed by atoms with E-state index in [1.54, 1.807) is 46.2 Å². The molecule has 2 aromatic carbocycles. The maximum Gasteiger partial charge on any atom is 0.487 e. The quantitative estimate of drug-likeness (QED) is 0.0517. The maximum absolute atomic E-state index is 13.7. The van der Waals surface area contributed by atoms with Crippen molar-refractivity contribution in [1.29, 1.82) is 0 Å². The summed E-state index contributed by atoms with van der Waals surface area (Å²) in [7, 11) is -16.5. The molecule has 0 radical (unpaired) electrons. The van der Waals surface area contributed by atoms with Crippen LogP contribution >= 0.6 is 23.4 Å². The number of nitrogen functional groups attached to an aromatic ring is 1. The summed E-state index contributed by atoms with van der Waals surface area (Å²) in [5.74, 6) is -0.980. The van der Waals surface area contributed by atoms with Gasteiger partial charge in [-0.05, 0) is 66.2 Å². The molecule has 1 fully saturated rings. The zero-order valence-corrected chi connectivity index (χ0v) is 38.9. The monoisotopic (exact) mass is 931 g/mol. The van der Waals surface area contributed by atoms with Crippen molar-refractivity contribution in [3.8, 4) is 5.75 Å². The van der Waals surface area contributed by atoms with Gasteiger partial charge in [0.1, 0.15) is 36.3 Å². The molecule has 5 rings (SSSR count). The Balaban J connectivity index is 0.000000629. The minimum Gasteiger partial charge on any atom is -0.756 e. The van der Waals surface area contributed by atoms with Gasteiger partial charge in [0.2, 0.25) is 0 Å². The number of para-hydroxylation sites is 1. The van der Waals surface area contributed by atoms with Crippen LogP contribution in [0, 0.1) is 0 Å². The molecule has 0 amide bonds. The first kappa shape index (κ1) is 52.7. The maximum atomic E-state index is 13.7. The number of carbonyl (C=O) groups excluding carboxylic acids is 1. The van der Waals surface area contributed by atoms with Gasteiger partial charge in [-0.3, -0.25) is 13.9 Å². The molecular formula is C38H62N8O13P3+. The van der Waals surface area contributed by atoms with E-state index in [1.165, 1.54) is 87.7 Å². The molecule has 3 heterocycles. The summed E-state index contributed by atoms with van der Waals surface area (Å²) in [6.45, 7) is 21.3. The minimum atomic E-state index is -5.81. The number of imidazole rings is 1. The lowest BCUT2D eigenvalue weighted by molar-refractivity contribution is -0.894. The number of phosphoric ester groups is 1. The van der Waals surface area contributed by atoms with Gasteiger partial charge in [0, 0.05) is 6.42 Å². The lowest BCUT2D eigenvalue weighted by atomic mass is 10.2. The van der Waals surface area contributed by atoms with Gasteiger partial charge in [0.05, 0.1) is 58.3 Å². The molecule has 0 bridgehead atoms. The second-order valence-corrected chi connectivity index (χ2v) is 18.7. The van der Waals surface area contributed by atoms with Crippen LogP contribution in [0.4, 0.5) is 5.82 Å². The Morgan fingerprint density at radius 1 is 0.919 bits per heavy atom. The molecule has 7 N–H and O–H groups in total. The zero-order valence-electron chi connectivity index (χ0n) is 36.2. The van der Waals surface area contributed by atoms with Gasteiger partial charge in [-0.15, -0.1) is 0 Å². The Hall–Kier alpha value is -3.65. The zero-order chi connectivity index (χ0) is 45.9. The summed E-state index contributed by atoms with van der Waals surface area (Å²) in [5, 5.41) is 12.7. The molecule has 7 atom stereocenters. The Morgan fingerprint density at radius 3 is 2.03 bits per heavy atom. The number of aliphatic hydroxyl groups excluding tert-OH is 1. The second-order valence-electron chi connectivity index (χ2n) is 13.9. The first-order valence-corrected chi connectivity index (χ1v) is 24.9. The molecule has 24 heteroatoms. The SMILES string of the molecule is CC[NH+](CC)CC.CC[NH+](CC)CC.C[C@H](NP(=O)(Oc1ccccc1)OP(=O)(O)OP(=O)([O-])OC[C@@H]1CC(O)[C@H](n2cnc3c(N)ncnc32)O1)C(=O)OCc1ccccc1. The topological polar surface area (TPSA) is 278 Å². The molecule has 1 saturated heterocycles. The van der Waals surface area contributed by atoms with Crippen molar-refractivity contribution < 1.29 is 70.3 Å². The summed E-state index contributed by atoms with van der Waals surface area (Å²) in [6.07, 6.45) is -0.911. The summed E-state index contributed by atoms with van der Waals surface area (Å²) in [6, 6.07) is 14.4. The van der Waals surface area contributed by atoms with Crippen LogP contribution in [0.15, 0.2) is 73.3 Å². The number of aliphatic hydroxyl groups is 1. The number of rotatable bonds is 21. The van der Waals surface area contributed by atoms with E-state index < -0.39 is 60.4 Å². The molecule has 62 heavy (non-hydrogen) atoms. The first-order chi connectivity index (χ1) is 29.4. The van der Waals surface area contributed by atoms with Crippen molar-refractivity contribution in [2.24, 2.45) is 0 Å². The average molecular weight is 932 g/mol. The number of carbonyl (C=O) groups is 1. The number of fused-ring (bicyclic) bond motifs is 1. The smallest absolute Gasteiger partial charge is 0.487 e. The molecule has 0 saturated carbocycles. The number of nitrogens with one attached hydrogen (secondary N) is 3.